The lowest BCUT2D eigenvalue weighted by Crippen LogP contribution is -2.04. The van der Waals surface area contributed by atoms with Gasteiger partial charge < -0.3 is 13.8 Å². The average molecular weight is 353 g/mol. The van der Waals surface area contributed by atoms with Gasteiger partial charge in [0, 0.05) is 18.2 Å². The highest BCUT2D eigenvalue weighted by Crippen LogP contribution is 2.50. The van der Waals surface area contributed by atoms with Gasteiger partial charge in [-0.1, -0.05) is 0 Å². The first kappa shape index (κ1) is 18.3. The highest BCUT2D eigenvalue weighted by atomic mass is 31.2. The van der Waals surface area contributed by atoms with E-state index in [1.165, 1.54) is 12.0 Å². The molecule has 0 aliphatic heterocycles. The van der Waals surface area contributed by atoms with Crippen molar-refractivity contribution < 1.29 is 23.1 Å². The van der Waals surface area contributed by atoms with E-state index in [1.807, 2.05) is 0 Å². The Morgan fingerprint density at radius 1 is 1.25 bits per heavy atom. The summed E-state index contributed by atoms with van der Waals surface area (Å²) in [6.07, 6.45) is 4.66. The quantitative estimate of drug-likeness (QED) is 0.532. The number of imidazole rings is 1. The molecule has 0 radical (unpaired) electrons. The van der Waals surface area contributed by atoms with Gasteiger partial charge in [0.15, 0.2) is 5.69 Å². The lowest BCUT2D eigenvalue weighted by molar-refractivity contribution is 0.0520. The molecule has 8 nitrogen and oxygen atoms in total. The maximum atomic E-state index is 12.5. The first-order valence-electron chi connectivity index (χ1n) is 7.62. The van der Waals surface area contributed by atoms with Crippen LogP contribution in [-0.2, 0) is 18.3 Å². The fourth-order valence-corrected chi connectivity index (χ4v) is 3.30. The molecular formula is C15H20N3O5P. The summed E-state index contributed by atoms with van der Waals surface area (Å²) in [5.41, 5.74) is 0.783. The van der Waals surface area contributed by atoms with Gasteiger partial charge >= 0.3 is 13.6 Å². The van der Waals surface area contributed by atoms with Gasteiger partial charge in [-0.2, -0.15) is 0 Å². The van der Waals surface area contributed by atoms with Gasteiger partial charge in [0.05, 0.1) is 25.5 Å². The first-order chi connectivity index (χ1) is 11.5. The largest absolute Gasteiger partial charge is 0.461 e. The number of carbonyl (C=O) groups excluding carboxylic acids is 1. The summed E-state index contributed by atoms with van der Waals surface area (Å²) in [5.74, 6) is 1.20. The normalized spacial score (nSPS) is 12.1. The van der Waals surface area contributed by atoms with E-state index in [0.717, 1.165) is 0 Å². The van der Waals surface area contributed by atoms with Gasteiger partial charge in [-0.05, 0) is 32.9 Å². The minimum Gasteiger partial charge on any atom is -0.461 e. The van der Waals surface area contributed by atoms with Gasteiger partial charge in [0.1, 0.15) is 0 Å². The number of nitrogens with zero attached hydrogens (tertiary/aromatic N) is 3. The van der Waals surface area contributed by atoms with Crippen LogP contribution in [0.1, 0.15) is 37.0 Å². The molecule has 0 atom stereocenters. The van der Waals surface area contributed by atoms with Crippen LogP contribution in [0.3, 0.4) is 0 Å². The van der Waals surface area contributed by atoms with E-state index in [9.17, 15) is 9.36 Å². The Bertz CT molecular complexity index is 777. The van der Waals surface area contributed by atoms with Crippen LogP contribution in [0.4, 0.5) is 0 Å². The Balaban J connectivity index is 2.36. The average Bonchev–Trinajstić information content (AvgIpc) is 2.98. The van der Waals surface area contributed by atoms with Gasteiger partial charge in [0.25, 0.3) is 0 Å². The third kappa shape index (κ3) is 4.29. The standard InChI is InChI=1S/C15H20N3O5P/c1-4-21-14(19)13-11-18-12(7-9-16-15(18)17-13)8-10-24(20,22-5-2)23-6-3/h7-11H,4-6H2,1-3H3. The molecule has 2 rings (SSSR count). The minimum absolute atomic E-state index is 0.156. The predicted molar refractivity (Wildman–Crippen MR) is 88.8 cm³/mol. The SMILES string of the molecule is CCOC(=O)c1cn2c(C=CP(=O)(OCC)OCC)ccnc2n1. The second kappa shape index (κ2) is 8.19. The number of aromatic nitrogens is 3. The van der Waals surface area contributed by atoms with Crippen LogP contribution in [0.25, 0.3) is 11.9 Å². The summed E-state index contributed by atoms with van der Waals surface area (Å²) in [4.78, 5) is 20.0. The molecule has 0 aromatic carbocycles. The van der Waals surface area contributed by atoms with E-state index >= 15 is 0 Å². The summed E-state index contributed by atoms with van der Waals surface area (Å²) < 4.78 is 29.4. The summed E-state index contributed by atoms with van der Waals surface area (Å²) in [6, 6.07) is 1.70. The van der Waals surface area contributed by atoms with Gasteiger partial charge in [-0.3, -0.25) is 8.97 Å². The molecule has 0 fully saturated rings. The molecule has 0 saturated heterocycles. The Hall–Kier alpha value is -2.02. The van der Waals surface area contributed by atoms with Gasteiger partial charge in [-0.25, -0.2) is 14.8 Å². The van der Waals surface area contributed by atoms with E-state index in [1.54, 1.807) is 43.5 Å². The van der Waals surface area contributed by atoms with Crippen molar-refractivity contribution in [1.82, 2.24) is 14.4 Å². The van der Waals surface area contributed by atoms with Crippen LogP contribution >= 0.6 is 7.60 Å². The highest BCUT2D eigenvalue weighted by molar-refractivity contribution is 7.57. The number of hydrogen-bond donors (Lipinski definition) is 0. The lowest BCUT2D eigenvalue weighted by atomic mass is 10.4. The minimum atomic E-state index is -3.31. The lowest BCUT2D eigenvalue weighted by Gasteiger charge is -2.12. The molecule has 9 heteroatoms. The Morgan fingerprint density at radius 2 is 1.96 bits per heavy atom. The predicted octanol–water partition coefficient (Wildman–Crippen LogP) is 3.14. The number of rotatable bonds is 8. The number of carbonyl (C=O) groups is 1. The molecule has 0 amide bonds. The molecule has 0 saturated carbocycles. The molecule has 0 aliphatic rings. The van der Waals surface area contributed by atoms with Crippen LogP contribution < -0.4 is 0 Å². The van der Waals surface area contributed by atoms with E-state index in [-0.39, 0.29) is 25.5 Å². The summed E-state index contributed by atoms with van der Waals surface area (Å²) in [7, 11) is -3.31. The maximum Gasteiger partial charge on any atom is 0.358 e. The number of hydrogen-bond acceptors (Lipinski definition) is 7. The topological polar surface area (TPSA) is 92.0 Å². The number of esters is 1. The van der Waals surface area contributed by atoms with Gasteiger partial charge in [-0.15, -0.1) is 0 Å². The summed E-state index contributed by atoms with van der Waals surface area (Å²) in [6.45, 7) is 6.01. The first-order valence-corrected chi connectivity index (χ1v) is 9.23. The van der Waals surface area contributed by atoms with Crippen molar-refractivity contribution in [2.24, 2.45) is 0 Å². The molecule has 2 aromatic heterocycles. The maximum absolute atomic E-state index is 12.5. The molecule has 2 aromatic rings. The van der Waals surface area contributed by atoms with E-state index in [4.69, 9.17) is 13.8 Å². The van der Waals surface area contributed by atoms with Crippen molar-refractivity contribution in [2.75, 3.05) is 19.8 Å². The molecular weight excluding hydrogens is 333 g/mol. The Morgan fingerprint density at radius 3 is 2.58 bits per heavy atom. The van der Waals surface area contributed by atoms with Crippen molar-refractivity contribution in [2.45, 2.75) is 20.8 Å². The molecule has 2 heterocycles. The smallest absolute Gasteiger partial charge is 0.358 e. The van der Waals surface area contributed by atoms with Gasteiger partial charge in [0.2, 0.25) is 5.78 Å². The van der Waals surface area contributed by atoms with Crippen LogP contribution in [0, 0.1) is 0 Å². The zero-order chi connectivity index (χ0) is 17.6. The molecule has 0 unspecified atom stereocenters. The zero-order valence-corrected chi connectivity index (χ0v) is 14.7. The summed E-state index contributed by atoms with van der Waals surface area (Å²) in [5, 5.41) is 0. The second-order valence-electron chi connectivity index (χ2n) is 4.58. The van der Waals surface area contributed by atoms with Crippen molar-refractivity contribution in [3.05, 3.63) is 35.7 Å². The number of fused-ring (bicyclic) bond motifs is 1. The fraction of sp³-hybridized carbons (Fsp3) is 0.400. The van der Waals surface area contributed by atoms with E-state index in [2.05, 4.69) is 9.97 Å². The molecule has 130 valence electrons. The number of ether oxygens (including phenoxy) is 1. The van der Waals surface area contributed by atoms with E-state index in [0.29, 0.717) is 11.5 Å². The molecule has 0 bridgehead atoms. The van der Waals surface area contributed by atoms with E-state index < -0.39 is 13.6 Å². The third-order valence-corrected chi connectivity index (χ3v) is 4.68. The third-order valence-electron chi connectivity index (χ3n) is 2.93. The summed E-state index contributed by atoms with van der Waals surface area (Å²) >= 11 is 0. The Labute approximate surface area is 140 Å². The molecule has 0 N–H and O–H groups in total. The van der Waals surface area contributed by atoms with Crippen molar-refractivity contribution in [3.8, 4) is 0 Å². The Kier molecular flexibility index (Phi) is 6.25. The molecule has 0 spiro atoms. The molecule has 0 aliphatic carbocycles. The second-order valence-corrected chi connectivity index (χ2v) is 6.47. The van der Waals surface area contributed by atoms with Crippen LogP contribution in [-0.4, -0.2) is 40.2 Å². The van der Waals surface area contributed by atoms with Crippen molar-refractivity contribution in [3.63, 3.8) is 0 Å². The van der Waals surface area contributed by atoms with Crippen LogP contribution in [0.5, 0.6) is 0 Å². The van der Waals surface area contributed by atoms with Crippen LogP contribution in [0.15, 0.2) is 24.3 Å². The fourth-order valence-electron chi connectivity index (χ4n) is 2.00. The van der Waals surface area contributed by atoms with Crippen molar-refractivity contribution >= 4 is 25.4 Å². The monoisotopic (exact) mass is 353 g/mol. The molecule has 24 heavy (non-hydrogen) atoms. The highest BCUT2D eigenvalue weighted by Gasteiger charge is 2.19. The van der Waals surface area contributed by atoms with Crippen LogP contribution in [0.2, 0.25) is 0 Å². The van der Waals surface area contributed by atoms with Crippen molar-refractivity contribution in [1.29, 1.82) is 0 Å². The zero-order valence-electron chi connectivity index (χ0n) is 13.8.